The molecule has 80 valence electrons. The average molecular weight is 266 g/mol. The molecule has 3 aromatic heterocycles. The number of hydrogen-bond donors (Lipinski definition) is 2. The number of thiophene rings is 1. The Kier molecular flexibility index (Phi) is 2.43. The van der Waals surface area contributed by atoms with Gasteiger partial charge in [0, 0.05) is 6.20 Å². The monoisotopic (exact) mass is 266 g/mol. The van der Waals surface area contributed by atoms with E-state index in [9.17, 15) is 0 Å². The summed E-state index contributed by atoms with van der Waals surface area (Å²) in [7, 11) is 0. The van der Waals surface area contributed by atoms with Crippen molar-refractivity contribution in [3.63, 3.8) is 0 Å². The molecule has 0 fully saturated rings. The Morgan fingerprint density at radius 3 is 2.88 bits per heavy atom. The summed E-state index contributed by atoms with van der Waals surface area (Å²) in [5.74, 6) is 0.741. The van der Waals surface area contributed by atoms with E-state index in [-0.39, 0.29) is 0 Å². The van der Waals surface area contributed by atoms with Crippen LogP contribution in [0.15, 0.2) is 23.7 Å². The predicted molar refractivity (Wildman–Crippen MR) is 68.2 cm³/mol. The van der Waals surface area contributed by atoms with E-state index < -0.39 is 0 Å². The third-order valence-corrected chi connectivity index (χ3v) is 4.21. The lowest BCUT2D eigenvalue weighted by Gasteiger charge is -1.86. The summed E-state index contributed by atoms with van der Waals surface area (Å²) in [6.07, 6.45) is 1.81. The van der Waals surface area contributed by atoms with Crippen LogP contribution in [-0.2, 0) is 0 Å². The molecule has 0 saturated carbocycles. The van der Waals surface area contributed by atoms with Gasteiger partial charge in [0.25, 0.3) is 0 Å². The van der Waals surface area contributed by atoms with Gasteiger partial charge in [0.1, 0.15) is 5.01 Å². The average Bonchev–Trinajstić information content (AvgIpc) is 2.97. The molecule has 2 N–H and O–H groups in total. The molecule has 3 aromatic rings. The number of aromatic amines is 2. The Balaban J connectivity index is 2.03. The SMILES string of the molecule is S=c1nc(-c2cnc(-c3cccs3)s2)[nH][nH]1. The lowest BCUT2D eigenvalue weighted by atomic mass is 10.5. The Hall–Kier alpha value is -1.31. The molecule has 0 aliphatic rings. The lowest BCUT2D eigenvalue weighted by molar-refractivity contribution is 1.08. The second-order valence-electron chi connectivity index (χ2n) is 3.02. The maximum Gasteiger partial charge on any atom is 0.213 e. The molecule has 0 spiro atoms. The number of rotatable bonds is 2. The number of nitrogens with zero attached hydrogens (tertiary/aromatic N) is 2. The maximum absolute atomic E-state index is 4.91. The van der Waals surface area contributed by atoms with Crippen LogP contribution >= 0.6 is 34.9 Å². The molecular weight excluding hydrogens is 260 g/mol. The molecule has 0 saturated heterocycles. The molecule has 0 aliphatic heterocycles. The fraction of sp³-hybridized carbons (Fsp3) is 0. The standard InChI is InChI=1S/C9H6N4S3/c14-9-11-7(12-13-9)6-4-10-8(16-6)5-2-1-3-15-5/h1-4H,(H2,11,12,13,14). The van der Waals surface area contributed by atoms with Crippen LogP contribution < -0.4 is 0 Å². The molecule has 0 radical (unpaired) electrons. The topological polar surface area (TPSA) is 57.4 Å². The first-order valence-electron chi connectivity index (χ1n) is 4.48. The summed E-state index contributed by atoms with van der Waals surface area (Å²) in [6, 6.07) is 4.07. The van der Waals surface area contributed by atoms with Crippen molar-refractivity contribution >= 4 is 34.9 Å². The van der Waals surface area contributed by atoms with E-state index in [4.69, 9.17) is 12.2 Å². The first kappa shape index (κ1) is 9.88. The van der Waals surface area contributed by atoms with Gasteiger partial charge in [0.05, 0.1) is 9.75 Å². The molecule has 16 heavy (non-hydrogen) atoms. The molecule has 0 atom stereocenters. The van der Waals surface area contributed by atoms with Gasteiger partial charge in [-0.15, -0.1) is 22.7 Å². The largest absolute Gasteiger partial charge is 0.281 e. The molecule has 3 heterocycles. The highest BCUT2D eigenvalue weighted by Gasteiger charge is 2.08. The van der Waals surface area contributed by atoms with Crippen molar-refractivity contribution in [2.45, 2.75) is 0 Å². The predicted octanol–water partition coefficient (Wildman–Crippen LogP) is 3.32. The lowest BCUT2D eigenvalue weighted by Crippen LogP contribution is -1.73. The molecule has 0 amide bonds. The minimum Gasteiger partial charge on any atom is -0.281 e. The summed E-state index contributed by atoms with van der Waals surface area (Å²) in [5.41, 5.74) is 0. The molecule has 4 nitrogen and oxygen atoms in total. The third-order valence-electron chi connectivity index (χ3n) is 1.97. The van der Waals surface area contributed by atoms with Gasteiger partial charge in [-0.1, -0.05) is 6.07 Å². The van der Waals surface area contributed by atoms with E-state index in [0.717, 1.165) is 15.7 Å². The molecular formula is C9H6N4S3. The first-order valence-corrected chi connectivity index (χ1v) is 6.58. The van der Waals surface area contributed by atoms with E-state index in [1.165, 1.54) is 4.88 Å². The number of H-pyrrole nitrogens is 2. The zero-order valence-corrected chi connectivity index (χ0v) is 10.4. The molecule has 3 rings (SSSR count). The minimum absolute atomic E-state index is 0.459. The summed E-state index contributed by atoms with van der Waals surface area (Å²) >= 11 is 8.18. The summed E-state index contributed by atoms with van der Waals surface area (Å²) in [5, 5.41) is 8.73. The Morgan fingerprint density at radius 1 is 1.25 bits per heavy atom. The van der Waals surface area contributed by atoms with Crippen molar-refractivity contribution < 1.29 is 0 Å². The zero-order valence-electron chi connectivity index (χ0n) is 7.93. The second-order valence-corrected chi connectivity index (χ2v) is 5.39. The minimum atomic E-state index is 0.459. The van der Waals surface area contributed by atoms with Crippen molar-refractivity contribution in [2.75, 3.05) is 0 Å². The van der Waals surface area contributed by atoms with E-state index >= 15 is 0 Å². The summed E-state index contributed by atoms with van der Waals surface area (Å²) in [6.45, 7) is 0. The Bertz CT molecular complexity index is 646. The number of aromatic nitrogens is 4. The van der Waals surface area contributed by atoms with Crippen molar-refractivity contribution in [1.82, 2.24) is 20.2 Å². The van der Waals surface area contributed by atoms with Crippen molar-refractivity contribution in [2.24, 2.45) is 0 Å². The highest BCUT2D eigenvalue weighted by Crippen LogP contribution is 2.32. The number of hydrogen-bond acceptors (Lipinski definition) is 5. The normalized spacial score (nSPS) is 10.8. The van der Waals surface area contributed by atoms with Crippen LogP contribution in [0.5, 0.6) is 0 Å². The van der Waals surface area contributed by atoms with E-state index in [2.05, 4.69) is 26.2 Å². The van der Waals surface area contributed by atoms with Gasteiger partial charge < -0.3 is 0 Å². The van der Waals surface area contributed by atoms with Gasteiger partial charge in [-0.05, 0) is 23.7 Å². The van der Waals surface area contributed by atoms with Gasteiger partial charge >= 0.3 is 0 Å². The van der Waals surface area contributed by atoms with Gasteiger partial charge in [0.2, 0.25) is 4.77 Å². The Morgan fingerprint density at radius 2 is 2.19 bits per heavy atom. The van der Waals surface area contributed by atoms with Crippen molar-refractivity contribution in [3.8, 4) is 20.6 Å². The van der Waals surface area contributed by atoms with Gasteiger partial charge in [-0.2, -0.15) is 4.98 Å². The van der Waals surface area contributed by atoms with E-state index in [1.54, 1.807) is 28.9 Å². The quantitative estimate of drug-likeness (QED) is 0.700. The van der Waals surface area contributed by atoms with Crippen LogP contribution in [0.4, 0.5) is 0 Å². The third kappa shape index (κ3) is 1.73. The van der Waals surface area contributed by atoms with Crippen LogP contribution in [0, 0.1) is 4.77 Å². The molecule has 0 bridgehead atoms. The zero-order chi connectivity index (χ0) is 11.0. The summed E-state index contributed by atoms with van der Waals surface area (Å²) < 4.78 is 0.459. The fourth-order valence-electron chi connectivity index (χ4n) is 1.28. The maximum atomic E-state index is 4.91. The number of thiazole rings is 1. The van der Waals surface area contributed by atoms with Crippen molar-refractivity contribution in [3.05, 3.63) is 28.5 Å². The highest BCUT2D eigenvalue weighted by molar-refractivity contribution is 7.71. The molecule has 0 aromatic carbocycles. The van der Waals surface area contributed by atoms with E-state index in [1.807, 2.05) is 11.4 Å². The smallest absolute Gasteiger partial charge is 0.213 e. The van der Waals surface area contributed by atoms with Crippen molar-refractivity contribution in [1.29, 1.82) is 0 Å². The number of nitrogens with one attached hydrogen (secondary N) is 2. The highest BCUT2D eigenvalue weighted by atomic mass is 32.1. The van der Waals surface area contributed by atoms with Gasteiger partial charge in [-0.25, -0.2) is 4.98 Å². The van der Waals surface area contributed by atoms with Crippen LogP contribution in [0.3, 0.4) is 0 Å². The molecule has 0 unspecified atom stereocenters. The van der Waals surface area contributed by atoms with E-state index in [0.29, 0.717) is 4.77 Å². The molecule has 0 aliphatic carbocycles. The fourth-order valence-corrected chi connectivity index (χ4v) is 3.09. The van der Waals surface area contributed by atoms with Crippen LogP contribution in [0.2, 0.25) is 0 Å². The summed E-state index contributed by atoms with van der Waals surface area (Å²) in [4.78, 5) is 10.7. The van der Waals surface area contributed by atoms with Crippen LogP contribution in [0.1, 0.15) is 0 Å². The second kappa shape index (κ2) is 3.93. The van der Waals surface area contributed by atoms with Crippen LogP contribution in [-0.4, -0.2) is 20.2 Å². The first-order chi connectivity index (χ1) is 7.83. The van der Waals surface area contributed by atoms with Gasteiger partial charge in [0.15, 0.2) is 5.82 Å². The Labute approximate surface area is 104 Å². The molecule has 7 heteroatoms. The van der Waals surface area contributed by atoms with Gasteiger partial charge in [-0.3, -0.25) is 10.2 Å². The van der Waals surface area contributed by atoms with Crippen LogP contribution in [0.25, 0.3) is 20.6 Å².